The number of Topliss-reactive ketones (excluding diaryl/α,β-unsaturated/α-hetero) is 1. The summed E-state index contributed by atoms with van der Waals surface area (Å²) < 4.78 is 18.3. The van der Waals surface area contributed by atoms with Crippen molar-refractivity contribution in [3.8, 4) is 17.2 Å². The lowest BCUT2D eigenvalue weighted by Gasteiger charge is -2.24. The summed E-state index contributed by atoms with van der Waals surface area (Å²) in [7, 11) is 4.43. The predicted molar refractivity (Wildman–Crippen MR) is 138 cm³/mol. The number of ether oxygens (including phenoxy) is 3. The topological polar surface area (TPSA) is 115 Å². The van der Waals surface area contributed by atoms with Crippen LogP contribution in [0, 0.1) is 13.8 Å². The highest BCUT2D eigenvalue weighted by molar-refractivity contribution is 7.14. The van der Waals surface area contributed by atoms with E-state index in [0.717, 1.165) is 5.56 Å². The monoisotopic (exact) mass is 520 g/mol. The third-order valence-corrected chi connectivity index (χ3v) is 7.15. The molecule has 4 aromatic rings. The van der Waals surface area contributed by atoms with Crippen LogP contribution in [0.25, 0.3) is 11.4 Å². The molecule has 0 radical (unpaired) electrons. The van der Waals surface area contributed by atoms with E-state index in [-0.39, 0.29) is 17.0 Å². The molecule has 0 saturated carbocycles. The number of aryl methyl sites for hydroxylation is 2. The molecule has 10 nitrogen and oxygen atoms in total. The van der Waals surface area contributed by atoms with Crippen molar-refractivity contribution in [2.75, 3.05) is 26.2 Å². The number of aliphatic hydroxyl groups excluding tert-OH is 1. The molecule has 37 heavy (non-hydrogen) atoms. The quantitative estimate of drug-likeness (QED) is 0.230. The molecule has 0 bridgehead atoms. The molecule has 1 saturated heterocycles. The molecule has 1 aliphatic rings. The minimum absolute atomic E-state index is 0.112. The Bertz CT molecular complexity index is 1550. The zero-order valence-corrected chi connectivity index (χ0v) is 21.6. The number of hydrogen-bond donors (Lipinski definition) is 1. The van der Waals surface area contributed by atoms with Gasteiger partial charge in [0.2, 0.25) is 5.75 Å². The van der Waals surface area contributed by atoms with Gasteiger partial charge in [0.25, 0.3) is 5.78 Å². The highest BCUT2D eigenvalue weighted by Gasteiger charge is 2.49. The Morgan fingerprint density at radius 2 is 1.78 bits per heavy atom. The summed E-state index contributed by atoms with van der Waals surface area (Å²) in [6.07, 6.45) is 3.37. The summed E-state index contributed by atoms with van der Waals surface area (Å²) in [6.45, 7) is 3.70. The molecule has 190 valence electrons. The second kappa shape index (κ2) is 9.25. The van der Waals surface area contributed by atoms with Crippen molar-refractivity contribution >= 4 is 39.6 Å². The number of ketones is 1. The number of imidazole rings is 1. The van der Waals surface area contributed by atoms with Gasteiger partial charge in [-0.25, -0.2) is 9.97 Å². The molecule has 1 aliphatic heterocycles. The average Bonchev–Trinajstić information content (AvgIpc) is 3.61. The predicted octanol–water partition coefficient (Wildman–Crippen LogP) is 4.06. The van der Waals surface area contributed by atoms with E-state index < -0.39 is 17.7 Å². The second-order valence-corrected chi connectivity index (χ2v) is 9.25. The van der Waals surface area contributed by atoms with Crippen LogP contribution in [-0.4, -0.2) is 52.5 Å². The van der Waals surface area contributed by atoms with E-state index in [2.05, 4.69) is 9.97 Å². The maximum absolute atomic E-state index is 13.5. The Morgan fingerprint density at radius 3 is 2.35 bits per heavy atom. The zero-order valence-electron chi connectivity index (χ0n) is 20.8. The van der Waals surface area contributed by atoms with Gasteiger partial charge in [0.05, 0.1) is 38.6 Å². The lowest BCUT2D eigenvalue weighted by atomic mass is 9.95. The number of aromatic nitrogens is 3. The molecule has 1 amide bonds. The van der Waals surface area contributed by atoms with Gasteiger partial charge in [-0.15, -0.1) is 11.3 Å². The first kappa shape index (κ1) is 24.3. The molecule has 1 atom stereocenters. The molecule has 0 spiro atoms. The van der Waals surface area contributed by atoms with Gasteiger partial charge in [0.15, 0.2) is 22.4 Å². The van der Waals surface area contributed by atoms with E-state index in [4.69, 9.17) is 14.2 Å². The van der Waals surface area contributed by atoms with Crippen LogP contribution in [-0.2, 0) is 9.59 Å². The minimum Gasteiger partial charge on any atom is -0.505 e. The van der Waals surface area contributed by atoms with Gasteiger partial charge in [0.1, 0.15) is 11.3 Å². The Hall–Kier alpha value is -4.38. The number of rotatable bonds is 6. The fourth-order valence-electron chi connectivity index (χ4n) is 4.61. The maximum atomic E-state index is 13.5. The number of nitrogens with zero attached hydrogens (tertiary/aromatic N) is 4. The SMILES string of the molecule is COc1cc(C2/C(=C(\O)c3nc4c(C)cccn4c3C)C(=O)C(=O)N2c2nccs2)cc(OC)c1OC. The molecular formula is C26H24N4O6S. The summed E-state index contributed by atoms with van der Waals surface area (Å²) in [5.74, 6) is -1.02. The number of benzene rings is 1. The number of aliphatic hydroxyl groups is 1. The van der Waals surface area contributed by atoms with Crippen LogP contribution < -0.4 is 19.1 Å². The van der Waals surface area contributed by atoms with Gasteiger partial charge in [-0.3, -0.25) is 14.5 Å². The number of carbonyl (C=O) groups excluding carboxylic acids is 2. The summed E-state index contributed by atoms with van der Waals surface area (Å²) in [4.78, 5) is 37.0. The fraction of sp³-hybridized carbons (Fsp3) is 0.231. The number of amides is 1. The first-order valence-corrected chi connectivity index (χ1v) is 12.1. The first-order valence-electron chi connectivity index (χ1n) is 11.3. The van der Waals surface area contributed by atoms with Crippen molar-refractivity contribution in [2.24, 2.45) is 0 Å². The number of hydrogen-bond acceptors (Lipinski definition) is 9. The van der Waals surface area contributed by atoms with Crippen molar-refractivity contribution in [3.05, 3.63) is 70.1 Å². The molecule has 3 aromatic heterocycles. The fourth-order valence-corrected chi connectivity index (χ4v) is 5.28. The molecule has 11 heteroatoms. The maximum Gasteiger partial charge on any atom is 0.301 e. The van der Waals surface area contributed by atoms with Crippen molar-refractivity contribution in [1.29, 1.82) is 0 Å². The summed E-state index contributed by atoms with van der Waals surface area (Å²) in [6, 6.07) is 6.05. The van der Waals surface area contributed by atoms with E-state index in [0.29, 0.717) is 39.3 Å². The molecule has 4 heterocycles. The number of anilines is 1. The highest BCUT2D eigenvalue weighted by Crippen LogP contribution is 2.47. The third-order valence-electron chi connectivity index (χ3n) is 6.38. The van der Waals surface area contributed by atoms with Crippen LogP contribution in [0.5, 0.6) is 17.2 Å². The average molecular weight is 521 g/mol. The summed E-state index contributed by atoms with van der Waals surface area (Å²) in [5, 5.41) is 13.6. The number of fused-ring (bicyclic) bond motifs is 1. The summed E-state index contributed by atoms with van der Waals surface area (Å²) in [5.41, 5.74) is 2.72. The van der Waals surface area contributed by atoms with Crippen molar-refractivity contribution < 1.29 is 28.9 Å². The van der Waals surface area contributed by atoms with Crippen LogP contribution in [0.4, 0.5) is 5.13 Å². The number of methoxy groups -OCH3 is 3. The molecule has 1 unspecified atom stereocenters. The molecule has 1 fully saturated rings. The van der Waals surface area contributed by atoms with Crippen LogP contribution in [0.2, 0.25) is 0 Å². The molecule has 5 rings (SSSR count). The zero-order chi connectivity index (χ0) is 26.4. The van der Waals surface area contributed by atoms with E-state index in [1.807, 2.05) is 29.7 Å². The number of thiazole rings is 1. The van der Waals surface area contributed by atoms with Gasteiger partial charge in [-0.1, -0.05) is 6.07 Å². The van der Waals surface area contributed by atoms with E-state index in [1.54, 1.807) is 30.6 Å². The smallest absolute Gasteiger partial charge is 0.301 e. The van der Waals surface area contributed by atoms with Gasteiger partial charge in [-0.05, 0) is 43.2 Å². The second-order valence-electron chi connectivity index (χ2n) is 8.37. The minimum atomic E-state index is -1.02. The van der Waals surface area contributed by atoms with Crippen LogP contribution in [0.15, 0.2) is 47.6 Å². The largest absolute Gasteiger partial charge is 0.505 e. The lowest BCUT2D eigenvalue weighted by molar-refractivity contribution is -0.132. The number of carbonyl (C=O) groups is 2. The Morgan fingerprint density at radius 1 is 1.08 bits per heavy atom. The van der Waals surface area contributed by atoms with Gasteiger partial charge < -0.3 is 23.7 Å². The van der Waals surface area contributed by atoms with Crippen molar-refractivity contribution in [2.45, 2.75) is 19.9 Å². The van der Waals surface area contributed by atoms with Gasteiger partial charge >= 0.3 is 5.91 Å². The number of pyridine rings is 1. The molecule has 0 aliphatic carbocycles. The van der Waals surface area contributed by atoms with E-state index in [9.17, 15) is 14.7 Å². The van der Waals surface area contributed by atoms with Gasteiger partial charge in [0, 0.05) is 17.8 Å². The van der Waals surface area contributed by atoms with Crippen molar-refractivity contribution in [1.82, 2.24) is 14.4 Å². The summed E-state index contributed by atoms with van der Waals surface area (Å²) >= 11 is 1.20. The lowest BCUT2D eigenvalue weighted by Crippen LogP contribution is -2.29. The molecule has 1 N–H and O–H groups in total. The molecule has 1 aromatic carbocycles. The Kier molecular flexibility index (Phi) is 6.08. The third kappa shape index (κ3) is 3.70. The molecular weight excluding hydrogens is 496 g/mol. The first-order chi connectivity index (χ1) is 17.8. The van der Waals surface area contributed by atoms with Gasteiger partial charge in [-0.2, -0.15) is 0 Å². The van der Waals surface area contributed by atoms with Crippen LogP contribution >= 0.6 is 11.3 Å². The Labute approximate surface area is 216 Å². The van der Waals surface area contributed by atoms with E-state index in [1.165, 1.54) is 37.6 Å². The standard InChI is InChI=1S/C26H24N4O6S/c1-13-7-6-9-29-14(2)19(28-24(13)29)21(31)18-20(30(25(33)22(18)32)26-27-8-10-37-26)15-11-16(34-3)23(36-5)17(12-15)35-4/h6-12,20,31H,1-5H3/b21-18+. The van der Waals surface area contributed by atoms with E-state index >= 15 is 0 Å². The van der Waals surface area contributed by atoms with Crippen molar-refractivity contribution in [3.63, 3.8) is 0 Å². The highest BCUT2D eigenvalue weighted by atomic mass is 32.1. The Balaban J connectivity index is 1.80. The van der Waals surface area contributed by atoms with Crippen LogP contribution in [0.1, 0.15) is 28.6 Å². The normalized spacial score (nSPS) is 17.0. The van der Waals surface area contributed by atoms with Crippen LogP contribution in [0.3, 0.4) is 0 Å².